The van der Waals surface area contributed by atoms with Gasteiger partial charge in [-0.05, 0) is 32.0 Å². The lowest BCUT2D eigenvalue weighted by Crippen LogP contribution is -2.21. The van der Waals surface area contributed by atoms with Crippen LogP contribution in [0.3, 0.4) is 0 Å². The second-order valence-corrected chi connectivity index (χ2v) is 8.35. The normalized spacial score (nSPS) is 11.2. The van der Waals surface area contributed by atoms with E-state index in [4.69, 9.17) is 16.3 Å². The van der Waals surface area contributed by atoms with Gasteiger partial charge in [0.15, 0.2) is 5.13 Å². The molecular formula is C15H18ClN3O4S2. The number of nitrogens with one attached hydrogen (secondary N) is 1. The van der Waals surface area contributed by atoms with Crippen molar-refractivity contribution in [3.8, 4) is 5.75 Å². The number of carbonyl (C=O) groups is 1. The molecule has 0 aliphatic carbocycles. The highest BCUT2D eigenvalue weighted by atomic mass is 35.5. The summed E-state index contributed by atoms with van der Waals surface area (Å²) in [5.41, 5.74) is 0.456. The number of anilines is 1. The average molecular weight is 404 g/mol. The molecule has 0 spiro atoms. The number of hydrogen-bond acceptors (Lipinski definition) is 6. The third kappa shape index (κ3) is 4.42. The van der Waals surface area contributed by atoms with E-state index in [9.17, 15) is 13.2 Å². The lowest BCUT2D eigenvalue weighted by atomic mass is 10.3. The zero-order valence-electron chi connectivity index (χ0n) is 14.2. The van der Waals surface area contributed by atoms with E-state index in [2.05, 4.69) is 9.71 Å². The molecule has 0 aliphatic heterocycles. The molecule has 0 atom stereocenters. The van der Waals surface area contributed by atoms with Crippen LogP contribution in [0.4, 0.5) is 5.13 Å². The fourth-order valence-corrected chi connectivity index (χ4v) is 4.61. The van der Waals surface area contributed by atoms with Crippen molar-refractivity contribution < 1.29 is 17.9 Å². The number of carbonyl (C=O) groups excluding carboxylic acids is 1. The van der Waals surface area contributed by atoms with E-state index in [-0.39, 0.29) is 26.7 Å². The van der Waals surface area contributed by atoms with Crippen molar-refractivity contribution in [2.75, 3.05) is 25.4 Å². The van der Waals surface area contributed by atoms with Gasteiger partial charge >= 0.3 is 0 Å². The first-order valence-electron chi connectivity index (χ1n) is 7.30. The Labute approximate surface area is 155 Å². The molecule has 1 amide bonds. The summed E-state index contributed by atoms with van der Waals surface area (Å²) in [5.74, 6) is -0.0459. The minimum absolute atomic E-state index is 0.0878. The van der Waals surface area contributed by atoms with Gasteiger partial charge in [0.1, 0.15) is 15.5 Å². The quantitative estimate of drug-likeness (QED) is 0.800. The third-order valence-corrected chi connectivity index (χ3v) is 5.90. The van der Waals surface area contributed by atoms with Gasteiger partial charge in [-0.15, -0.1) is 0 Å². The maximum Gasteiger partial charge on any atom is 0.267 e. The predicted octanol–water partition coefficient (Wildman–Crippen LogP) is 3.01. The molecule has 0 bridgehead atoms. The third-order valence-electron chi connectivity index (χ3n) is 3.11. The number of nitrogens with zero attached hydrogens (tertiary/aromatic N) is 2. The second-order valence-electron chi connectivity index (χ2n) is 5.26. The minimum Gasteiger partial charge on any atom is -0.492 e. The summed E-state index contributed by atoms with van der Waals surface area (Å²) in [6.45, 7) is 3.71. The summed E-state index contributed by atoms with van der Waals surface area (Å²) in [7, 11) is -0.741. The average Bonchev–Trinajstić information content (AvgIpc) is 2.87. The van der Waals surface area contributed by atoms with Gasteiger partial charge in [-0.25, -0.2) is 13.4 Å². The first kappa shape index (κ1) is 19.5. The van der Waals surface area contributed by atoms with Crippen LogP contribution < -0.4 is 9.46 Å². The van der Waals surface area contributed by atoms with E-state index in [0.29, 0.717) is 17.2 Å². The van der Waals surface area contributed by atoms with Crippen molar-refractivity contribution in [3.05, 3.63) is 33.8 Å². The highest BCUT2D eigenvalue weighted by Gasteiger charge is 2.24. The van der Waals surface area contributed by atoms with Crippen LogP contribution in [-0.4, -0.2) is 44.9 Å². The highest BCUT2D eigenvalue weighted by molar-refractivity contribution is 7.93. The van der Waals surface area contributed by atoms with Gasteiger partial charge in [-0.3, -0.25) is 9.52 Å². The molecular weight excluding hydrogens is 386 g/mol. The molecule has 1 heterocycles. The predicted molar refractivity (Wildman–Crippen MR) is 98.3 cm³/mol. The Morgan fingerprint density at radius 3 is 2.68 bits per heavy atom. The molecule has 2 aromatic rings. The molecule has 1 aromatic heterocycles. The zero-order valence-corrected chi connectivity index (χ0v) is 16.5. The van der Waals surface area contributed by atoms with E-state index >= 15 is 0 Å². The Balaban J connectivity index is 2.39. The monoisotopic (exact) mass is 403 g/mol. The van der Waals surface area contributed by atoms with Crippen molar-refractivity contribution in [3.63, 3.8) is 0 Å². The summed E-state index contributed by atoms with van der Waals surface area (Å²) in [6.07, 6.45) is 0. The standard InChI is InChI=1S/C15H18ClN3O4S2/c1-5-23-11-7-6-10(16)8-12(11)25(21,22)18-15-17-9(2)13(24-15)14(20)19(3)4/h6-8H,5H2,1-4H3,(H,17,18). The van der Waals surface area contributed by atoms with E-state index in [1.807, 2.05) is 0 Å². The maximum absolute atomic E-state index is 12.7. The summed E-state index contributed by atoms with van der Waals surface area (Å²) < 4.78 is 33.1. The van der Waals surface area contributed by atoms with Gasteiger partial charge in [-0.2, -0.15) is 0 Å². The molecule has 0 unspecified atom stereocenters. The molecule has 0 saturated heterocycles. The number of benzene rings is 1. The van der Waals surface area contributed by atoms with Crippen LogP contribution >= 0.6 is 22.9 Å². The largest absolute Gasteiger partial charge is 0.492 e. The Morgan fingerprint density at radius 2 is 2.08 bits per heavy atom. The van der Waals surface area contributed by atoms with Gasteiger partial charge in [0.25, 0.3) is 15.9 Å². The number of aromatic nitrogens is 1. The number of halogens is 1. The van der Waals surface area contributed by atoms with Crippen LogP contribution in [0.1, 0.15) is 22.3 Å². The number of sulfonamides is 1. The molecule has 2 rings (SSSR count). The van der Waals surface area contributed by atoms with Crippen LogP contribution in [-0.2, 0) is 10.0 Å². The zero-order chi connectivity index (χ0) is 18.8. The van der Waals surface area contributed by atoms with E-state index in [0.717, 1.165) is 11.3 Å². The first-order valence-corrected chi connectivity index (χ1v) is 9.97. The van der Waals surface area contributed by atoms with E-state index < -0.39 is 10.0 Å². The fourth-order valence-electron chi connectivity index (χ4n) is 1.98. The lowest BCUT2D eigenvalue weighted by Gasteiger charge is -2.11. The maximum atomic E-state index is 12.7. The molecule has 10 heteroatoms. The number of amides is 1. The minimum atomic E-state index is -3.97. The molecule has 7 nitrogen and oxygen atoms in total. The van der Waals surface area contributed by atoms with Gasteiger partial charge < -0.3 is 9.64 Å². The van der Waals surface area contributed by atoms with Crippen molar-refractivity contribution >= 4 is 44.0 Å². The fraction of sp³-hybridized carbons (Fsp3) is 0.333. The van der Waals surface area contributed by atoms with Crippen LogP contribution in [0.2, 0.25) is 5.02 Å². The van der Waals surface area contributed by atoms with Gasteiger partial charge in [0.2, 0.25) is 0 Å². The molecule has 1 aromatic carbocycles. The lowest BCUT2D eigenvalue weighted by molar-refractivity contribution is 0.0831. The molecule has 25 heavy (non-hydrogen) atoms. The van der Waals surface area contributed by atoms with Crippen LogP contribution in [0, 0.1) is 6.92 Å². The molecule has 0 aliphatic rings. The summed E-state index contributed by atoms with van der Waals surface area (Å²) in [4.78, 5) is 17.9. The number of rotatable bonds is 6. The van der Waals surface area contributed by atoms with Crippen LogP contribution in [0.15, 0.2) is 23.1 Å². The summed E-state index contributed by atoms with van der Waals surface area (Å²) in [6, 6.07) is 4.35. The van der Waals surface area contributed by atoms with Crippen molar-refractivity contribution in [2.24, 2.45) is 0 Å². The summed E-state index contributed by atoms with van der Waals surface area (Å²) in [5, 5.41) is 0.368. The molecule has 1 N–H and O–H groups in total. The number of thiazole rings is 1. The highest BCUT2D eigenvalue weighted by Crippen LogP contribution is 2.31. The van der Waals surface area contributed by atoms with Crippen LogP contribution in [0.5, 0.6) is 5.75 Å². The Bertz CT molecular complexity index is 894. The molecule has 136 valence electrons. The summed E-state index contributed by atoms with van der Waals surface area (Å²) >= 11 is 6.90. The van der Waals surface area contributed by atoms with Gasteiger partial charge in [-0.1, -0.05) is 22.9 Å². The van der Waals surface area contributed by atoms with E-state index in [1.165, 1.54) is 17.0 Å². The Hall–Kier alpha value is -1.84. The van der Waals surface area contributed by atoms with Crippen molar-refractivity contribution in [1.29, 1.82) is 0 Å². The topological polar surface area (TPSA) is 88.6 Å². The molecule has 0 fully saturated rings. The van der Waals surface area contributed by atoms with Crippen LogP contribution in [0.25, 0.3) is 0 Å². The molecule has 0 radical (unpaired) electrons. The van der Waals surface area contributed by atoms with E-state index in [1.54, 1.807) is 34.0 Å². The second kappa shape index (κ2) is 7.59. The van der Waals surface area contributed by atoms with Crippen molar-refractivity contribution in [1.82, 2.24) is 9.88 Å². The van der Waals surface area contributed by atoms with Gasteiger partial charge in [0.05, 0.1) is 12.3 Å². The SMILES string of the molecule is CCOc1ccc(Cl)cc1S(=O)(=O)Nc1nc(C)c(C(=O)N(C)C)s1. The number of ether oxygens (including phenoxy) is 1. The number of hydrogen-bond donors (Lipinski definition) is 1. The smallest absolute Gasteiger partial charge is 0.267 e. The Morgan fingerprint density at radius 1 is 1.40 bits per heavy atom. The first-order chi connectivity index (χ1) is 11.7. The van der Waals surface area contributed by atoms with Gasteiger partial charge in [0, 0.05) is 19.1 Å². The molecule has 0 saturated carbocycles. The Kier molecular flexibility index (Phi) is 5.91. The number of aryl methyl sites for hydroxylation is 1. The van der Waals surface area contributed by atoms with Crippen molar-refractivity contribution in [2.45, 2.75) is 18.7 Å².